The van der Waals surface area contributed by atoms with Crippen LogP contribution in [0.15, 0.2) is 24.4 Å². The van der Waals surface area contributed by atoms with E-state index in [1.165, 1.54) is 11.6 Å². The Labute approximate surface area is 191 Å². The van der Waals surface area contributed by atoms with Crippen LogP contribution in [-0.2, 0) is 0 Å². The first kappa shape index (κ1) is 21.3. The zero-order chi connectivity index (χ0) is 23.4. The topological polar surface area (TPSA) is 99.6 Å². The minimum absolute atomic E-state index is 0.0458. The Morgan fingerprint density at radius 2 is 2.06 bits per heavy atom. The quantitative estimate of drug-likeness (QED) is 0.482. The Balaban J connectivity index is 1.89. The number of methoxy groups -OCH3 is 1. The average Bonchev–Trinajstić information content (AvgIpc) is 3.14. The van der Waals surface area contributed by atoms with Crippen molar-refractivity contribution < 1.29 is 18.6 Å². The third-order valence-corrected chi connectivity index (χ3v) is 6.02. The number of aliphatic hydroxyl groups is 1. The first-order valence-electron chi connectivity index (χ1n) is 10.0. The largest absolute Gasteiger partial charge is 0.493 e. The lowest BCUT2D eigenvalue weighted by molar-refractivity contribution is 0.140. The molecule has 0 bridgehead atoms. The van der Waals surface area contributed by atoms with Crippen LogP contribution < -0.4 is 9.64 Å². The number of aromatic nitrogens is 4. The van der Waals surface area contributed by atoms with E-state index in [0.717, 1.165) is 0 Å². The number of hydrogen-bond acceptors (Lipinski definition) is 7. The molecule has 0 amide bonds. The average molecular weight is 471 g/mol. The molecule has 11 heteroatoms. The lowest BCUT2D eigenvalue weighted by Gasteiger charge is -2.39. The van der Waals surface area contributed by atoms with E-state index in [-0.39, 0.29) is 24.3 Å². The van der Waals surface area contributed by atoms with Crippen LogP contribution in [0.5, 0.6) is 5.75 Å². The fraction of sp³-hybridized carbons (Fsp3) is 0.273. The van der Waals surface area contributed by atoms with Gasteiger partial charge in [0, 0.05) is 30.2 Å². The normalized spacial score (nSPS) is 14.2. The van der Waals surface area contributed by atoms with Gasteiger partial charge in [0.1, 0.15) is 28.7 Å². The summed E-state index contributed by atoms with van der Waals surface area (Å²) in [6.07, 6.45) is -1.90. The Hall–Kier alpha value is -3.55. The SMILES string of the molecule is COc1c(Cl)ccc2c(-c3c(C)nc4c(C#N)c(C(F)F)nn4c3N3CC(O)C3)ccnc12. The van der Waals surface area contributed by atoms with E-state index in [2.05, 4.69) is 15.1 Å². The Morgan fingerprint density at radius 3 is 2.70 bits per heavy atom. The van der Waals surface area contributed by atoms with Crippen molar-refractivity contribution >= 4 is 34.0 Å². The molecule has 4 heterocycles. The van der Waals surface area contributed by atoms with Crippen molar-refractivity contribution in [1.82, 2.24) is 19.6 Å². The maximum atomic E-state index is 13.7. The molecule has 1 saturated heterocycles. The van der Waals surface area contributed by atoms with E-state index < -0.39 is 18.2 Å². The van der Waals surface area contributed by atoms with Crippen molar-refractivity contribution in [1.29, 1.82) is 5.26 Å². The van der Waals surface area contributed by atoms with Crippen LogP contribution in [-0.4, -0.2) is 51.0 Å². The predicted molar refractivity (Wildman–Crippen MR) is 118 cm³/mol. The zero-order valence-electron chi connectivity index (χ0n) is 17.6. The van der Waals surface area contributed by atoms with Gasteiger partial charge >= 0.3 is 0 Å². The number of β-amino-alcohol motifs (C(OH)–C–C–N with tert-alkyl or cyclic N) is 1. The molecule has 0 aliphatic carbocycles. The van der Waals surface area contributed by atoms with Gasteiger partial charge in [-0.15, -0.1) is 0 Å². The van der Waals surface area contributed by atoms with Gasteiger partial charge in [-0.3, -0.25) is 4.98 Å². The van der Waals surface area contributed by atoms with Gasteiger partial charge in [-0.1, -0.05) is 17.7 Å². The molecule has 0 atom stereocenters. The molecule has 3 aromatic heterocycles. The summed E-state index contributed by atoms with van der Waals surface area (Å²) >= 11 is 6.28. The molecule has 1 fully saturated rings. The molecule has 0 saturated carbocycles. The maximum absolute atomic E-state index is 13.7. The minimum atomic E-state index is -2.94. The summed E-state index contributed by atoms with van der Waals surface area (Å²) in [6.45, 7) is 2.32. The number of nitriles is 1. The number of aliphatic hydroxyl groups excluding tert-OH is 1. The van der Waals surface area contributed by atoms with Crippen LogP contribution >= 0.6 is 11.6 Å². The highest BCUT2D eigenvalue weighted by atomic mass is 35.5. The number of anilines is 1. The number of pyridine rings is 1. The van der Waals surface area contributed by atoms with Crippen molar-refractivity contribution in [2.75, 3.05) is 25.1 Å². The fourth-order valence-electron chi connectivity index (χ4n) is 4.23. The molecule has 4 aromatic rings. The van der Waals surface area contributed by atoms with Gasteiger partial charge in [0.05, 0.1) is 23.9 Å². The highest BCUT2D eigenvalue weighted by Gasteiger charge is 2.33. The molecule has 0 spiro atoms. The summed E-state index contributed by atoms with van der Waals surface area (Å²) in [4.78, 5) is 10.7. The number of alkyl halides is 2. The smallest absolute Gasteiger partial charge is 0.283 e. The zero-order valence-corrected chi connectivity index (χ0v) is 18.3. The third-order valence-electron chi connectivity index (χ3n) is 5.72. The van der Waals surface area contributed by atoms with E-state index in [1.54, 1.807) is 31.3 Å². The van der Waals surface area contributed by atoms with Gasteiger partial charge < -0.3 is 14.7 Å². The molecule has 0 radical (unpaired) electrons. The summed E-state index contributed by atoms with van der Waals surface area (Å²) in [5, 5.41) is 24.7. The summed E-state index contributed by atoms with van der Waals surface area (Å²) < 4.78 is 34.0. The standard InChI is InChI=1S/C22H17ClF2N6O2/c1-10-16(12-5-6-27-17-13(12)3-4-15(23)19(17)33-2)22(30-8-11(32)9-30)31-21(28-10)14(7-26)18(29-31)20(24)25/h3-6,11,20,32H,8-9H2,1-2H3. The molecule has 168 valence electrons. The lowest BCUT2D eigenvalue weighted by Crippen LogP contribution is -2.51. The first-order chi connectivity index (χ1) is 15.8. The number of aryl methyl sites for hydroxylation is 1. The molecular formula is C22H17ClF2N6O2. The summed E-state index contributed by atoms with van der Waals surface area (Å²) in [7, 11) is 1.50. The number of hydrogen-bond donors (Lipinski definition) is 1. The van der Waals surface area contributed by atoms with Crippen molar-refractivity contribution in [2.24, 2.45) is 0 Å². The van der Waals surface area contributed by atoms with E-state index >= 15 is 0 Å². The van der Waals surface area contributed by atoms with Crippen LogP contribution in [0.4, 0.5) is 14.6 Å². The second kappa shape index (κ2) is 7.79. The second-order valence-electron chi connectivity index (χ2n) is 7.70. The van der Waals surface area contributed by atoms with Crippen LogP contribution in [0.25, 0.3) is 27.7 Å². The molecule has 1 aliphatic heterocycles. The van der Waals surface area contributed by atoms with E-state index in [0.29, 0.717) is 44.3 Å². The molecule has 1 aromatic carbocycles. The third kappa shape index (κ3) is 3.15. The second-order valence-corrected chi connectivity index (χ2v) is 8.11. The van der Waals surface area contributed by atoms with Crippen LogP contribution in [0.2, 0.25) is 5.02 Å². The van der Waals surface area contributed by atoms with Gasteiger partial charge in [0.25, 0.3) is 6.43 Å². The molecule has 1 aliphatic rings. The number of benzene rings is 1. The van der Waals surface area contributed by atoms with Crippen LogP contribution in [0.3, 0.4) is 0 Å². The monoisotopic (exact) mass is 470 g/mol. The minimum Gasteiger partial charge on any atom is -0.493 e. The lowest BCUT2D eigenvalue weighted by atomic mass is 9.98. The Morgan fingerprint density at radius 1 is 1.30 bits per heavy atom. The molecule has 8 nitrogen and oxygen atoms in total. The molecular weight excluding hydrogens is 454 g/mol. The summed E-state index contributed by atoms with van der Waals surface area (Å²) in [5.74, 6) is 0.877. The van der Waals surface area contributed by atoms with Gasteiger partial charge in [0.15, 0.2) is 11.4 Å². The maximum Gasteiger partial charge on any atom is 0.283 e. The van der Waals surface area contributed by atoms with E-state index in [4.69, 9.17) is 16.3 Å². The fourth-order valence-corrected chi connectivity index (χ4v) is 4.46. The van der Waals surface area contributed by atoms with Gasteiger partial charge in [-0.25, -0.2) is 13.8 Å². The molecule has 1 N–H and O–H groups in total. The molecule has 0 unspecified atom stereocenters. The van der Waals surface area contributed by atoms with Gasteiger partial charge in [0.2, 0.25) is 0 Å². The predicted octanol–water partition coefficient (Wildman–Crippen LogP) is 3.91. The molecule has 5 rings (SSSR count). The van der Waals surface area contributed by atoms with Gasteiger partial charge in [-0.2, -0.15) is 14.9 Å². The Kier molecular flexibility index (Phi) is 5.03. The molecule has 33 heavy (non-hydrogen) atoms. The number of nitrogens with zero attached hydrogens (tertiary/aromatic N) is 6. The first-order valence-corrected chi connectivity index (χ1v) is 10.4. The van der Waals surface area contributed by atoms with Crippen molar-refractivity contribution in [3.8, 4) is 22.9 Å². The highest BCUT2D eigenvalue weighted by Crippen LogP contribution is 2.42. The highest BCUT2D eigenvalue weighted by molar-refractivity contribution is 6.33. The summed E-state index contributed by atoms with van der Waals surface area (Å²) in [6, 6.07) is 7.09. The van der Waals surface area contributed by atoms with Gasteiger partial charge in [-0.05, 0) is 24.6 Å². The number of fused-ring (bicyclic) bond motifs is 2. The van der Waals surface area contributed by atoms with E-state index in [9.17, 15) is 19.1 Å². The Bertz CT molecular complexity index is 1460. The van der Waals surface area contributed by atoms with Crippen LogP contribution in [0, 0.1) is 18.3 Å². The van der Waals surface area contributed by atoms with Crippen LogP contribution in [0.1, 0.15) is 23.4 Å². The summed E-state index contributed by atoms with van der Waals surface area (Å²) in [5.41, 5.74) is 1.53. The van der Waals surface area contributed by atoms with Crippen molar-refractivity contribution in [3.05, 3.63) is 46.4 Å². The number of halogens is 3. The van der Waals surface area contributed by atoms with Crippen molar-refractivity contribution in [2.45, 2.75) is 19.5 Å². The number of ether oxygens (including phenoxy) is 1. The number of rotatable bonds is 4. The van der Waals surface area contributed by atoms with E-state index in [1.807, 2.05) is 11.0 Å². The van der Waals surface area contributed by atoms with Crippen molar-refractivity contribution in [3.63, 3.8) is 0 Å².